The Hall–Kier alpha value is -1.89. The van der Waals surface area contributed by atoms with Crippen LogP contribution in [0.2, 0.25) is 0 Å². The molecule has 2 aromatic rings. The summed E-state index contributed by atoms with van der Waals surface area (Å²) < 4.78 is 1.82. The minimum Gasteiger partial charge on any atom is -0.356 e. The first-order valence-corrected chi connectivity index (χ1v) is 7.75. The topological polar surface area (TPSA) is 67.1 Å². The van der Waals surface area contributed by atoms with Gasteiger partial charge in [-0.15, -0.1) is 11.3 Å². The van der Waals surface area contributed by atoms with Crippen LogP contribution in [0.25, 0.3) is 0 Å². The maximum Gasteiger partial charge on any atom is 0.191 e. The van der Waals surface area contributed by atoms with Crippen molar-refractivity contribution in [2.45, 2.75) is 26.8 Å². The molecule has 6 nitrogen and oxygen atoms in total. The molecule has 0 saturated carbocycles. The minimum atomic E-state index is 0.700. The zero-order valence-corrected chi connectivity index (χ0v) is 13.8. The molecule has 0 amide bonds. The summed E-state index contributed by atoms with van der Waals surface area (Å²) in [6.45, 7) is 5.65. The smallest absolute Gasteiger partial charge is 0.191 e. The third kappa shape index (κ3) is 4.56. The number of hydrogen-bond donors (Lipinski definition) is 2. The highest BCUT2D eigenvalue weighted by molar-refractivity contribution is 7.11. The molecular formula is C14H22N6S. The number of rotatable bonds is 5. The maximum absolute atomic E-state index is 4.51. The molecule has 0 aromatic carbocycles. The van der Waals surface area contributed by atoms with Gasteiger partial charge < -0.3 is 10.6 Å². The van der Waals surface area contributed by atoms with Crippen molar-refractivity contribution in [1.82, 2.24) is 25.4 Å². The monoisotopic (exact) mass is 306 g/mol. The third-order valence-electron chi connectivity index (χ3n) is 3.17. The van der Waals surface area contributed by atoms with E-state index < -0.39 is 0 Å². The van der Waals surface area contributed by atoms with Crippen molar-refractivity contribution >= 4 is 17.3 Å². The number of thiazole rings is 1. The van der Waals surface area contributed by atoms with Crippen LogP contribution in [0.3, 0.4) is 0 Å². The van der Waals surface area contributed by atoms with Gasteiger partial charge in [-0.05, 0) is 25.8 Å². The van der Waals surface area contributed by atoms with E-state index >= 15 is 0 Å². The second kappa shape index (κ2) is 7.21. The van der Waals surface area contributed by atoms with E-state index in [4.69, 9.17) is 0 Å². The molecule has 0 unspecified atom stereocenters. The number of guanidine groups is 1. The maximum atomic E-state index is 4.51. The number of aryl methyl sites for hydroxylation is 3. The Kier molecular flexibility index (Phi) is 5.32. The Bertz CT molecular complexity index is 593. The molecule has 2 N–H and O–H groups in total. The molecule has 2 heterocycles. The van der Waals surface area contributed by atoms with Gasteiger partial charge in [-0.1, -0.05) is 0 Å². The van der Waals surface area contributed by atoms with Crippen molar-refractivity contribution in [2.75, 3.05) is 13.6 Å². The first-order valence-electron chi connectivity index (χ1n) is 6.93. The predicted molar refractivity (Wildman–Crippen MR) is 86.7 cm³/mol. The highest BCUT2D eigenvalue weighted by Gasteiger charge is 2.05. The van der Waals surface area contributed by atoms with E-state index in [0.29, 0.717) is 6.54 Å². The number of aliphatic imine (C=N–C) groups is 1. The summed E-state index contributed by atoms with van der Waals surface area (Å²) in [6.07, 6.45) is 4.84. The van der Waals surface area contributed by atoms with Crippen molar-refractivity contribution in [1.29, 1.82) is 0 Å². The second-order valence-corrected chi connectivity index (χ2v) is 6.16. The van der Waals surface area contributed by atoms with Crippen LogP contribution in [0, 0.1) is 13.8 Å². The van der Waals surface area contributed by atoms with Gasteiger partial charge in [0.15, 0.2) is 5.96 Å². The molecule has 2 aromatic heterocycles. The Morgan fingerprint density at radius 1 is 1.38 bits per heavy atom. The van der Waals surface area contributed by atoms with Gasteiger partial charge in [-0.2, -0.15) is 5.10 Å². The molecule has 0 spiro atoms. The quantitative estimate of drug-likeness (QED) is 0.647. The van der Waals surface area contributed by atoms with Gasteiger partial charge in [0.25, 0.3) is 0 Å². The fourth-order valence-corrected chi connectivity index (χ4v) is 2.79. The lowest BCUT2D eigenvalue weighted by molar-refractivity contribution is 0.764. The van der Waals surface area contributed by atoms with E-state index in [1.807, 2.05) is 31.0 Å². The van der Waals surface area contributed by atoms with Gasteiger partial charge >= 0.3 is 0 Å². The van der Waals surface area contributed by atoms with Crippen LogP contribution in [-0.2, 0) is 20.0 Å². The second-order valence-electron chi connectivity index (χ2n) is 4.87. The molecule has 114 valence electrons. The Labute approximate surface area is 129 Å². The van der Waals surface area contributed by atoms with Crippen molar-refractivity contribution in [3.8, 4) is 0 Å². The lowest BCUT2D eigenvalue weighted by Gasteiger charge is -2.10. The van der Waals surface area contributed by atoms with E-state index in [0.717, 1.165) is 29.6 Å². The number of nitrogens with one attached hydrogen (secondary N) is 2. The molecule has 7 heteroatoms. The predicted octanol–water partition coefficient (Wildman–Crippen LogP) is 1.40. The zero-order chi connectivity index (χ0) is 15.2. The highest BCUT2D eigenvalue weighted by Crippen LogP contribution is 2.15. The fourth-order valence-electron chi connectivity index (χ4n) is 1.92. The zero-order valence-electron chi connectivity index (χ0n) is 13.0. The van der Waals surface area contributed by atoms with Crippen LogP contribution < -0.4 is 10.6 Å². The van der Waals surface area contributed by atoms with Gasteiger partial charge in [-0.3, -0.25) is 9.67 Å². The normalized spacial score (nSPS) is 11.7. The molecule has 0 fully saturated rings. The van der Waals surface area contributed by atoms with Crippen LogP contribution >= 0.6 is 11.3 Å². The third-order valence-corrected chi connectivity index (χ3v) is 4.24. The summed E-state index contributed by atoms with van der Waals surface area (Å²) in [4.78, 5) is 10.00. The summed E-state index contributed by atoms with van der Waals surface area (Å²) in [6, 6.07) is 0. The van der Waals surface area contributed by atoms with Crippen LogP contribution in [0.15, 0.2) is 17.4 Å². The fraction of sp³-hybridized carbons (Fsp3) is 0.500. The summed E-state index contributed by atoms with van der Waals surface area (Å²) in [5.41, 5.74) is 2.32. The Morgan fingerprint density at radius 2 is 2.19 bits per heavy atom. The molecule has 0 bridgehead atoms. The van der Waals surface area contributed by atoms with E-state index in [1.165, 1.54) is 10.4 Å². The van der Waals surface area contributed by atoms with E-state index in [2.05, 4.69) is 32.6 Å². The van der Waals surface area contributed by atoms with Crippen molar-refractivity contribution in [3.63, 3.8) is 0 Å². The molecule has 21 heavy (non-hydrogen) atoms. The Balaban J connectivity index is 1.75. The van der Waals surface area contributed by atoms with Crippen LogP contribution in [0.5, 0.6) is 0 Å². The van der Waals surface area contributed by atoms with E-state index in [-0.39, 0.29) is 0 Å². The highest BCUT2D eigenvalue weighted by atomic mass is 32.1. The lowest BCUT2D eigenvalue weighted by Crippen LogP contribution is -2.37. The van der Waals surface area contributed by atoms with Crippen LogP contribution in [-0.4, -0.2) is 34.3 Å². The van der Waals surface area contributed by atoms with Crippen LogP contribution in [0.1, 0.15) is 21.1 Å². The number of nitrogens with zero attached hydrogens (tertiary/aromatic N) is 4. The molecule has 0 radical (unpaired) electrons. The number of hydrogen-bond acceptors (Lipinski definition) is 4. The van der Waals surface area contributed by atoms with Gasteiger partial charge in [0.1, 0.15) is 5.01 Å². The van der Waals surface area contributed by atoms with Crippen molar-refractivity contribution in [2.24, 2.45) is 12.0 Å². The molecule has 2 rings (SSSR count). The molecular weight excluding hydrogens is 284 g/mol. The summed E-state index contributed by atoms with van der Waals surface area (Å²) >= 11 is 1.72. The number of aromatic nitrogens is 3. The average molecular weight is 306 g/mol. The molecule has 0 atom stereocenters. The average Bonchev–Trinajstić information content (AvgIpc) is 3.00. The van der Waals surface area contributed by atoms with Gasteiger partial charge in [0.05, 0.1) is 18.4 Å². The van der Waals surface area contributed by atoms with Crippen molar-refractivity contribution < 1.29 is 0 Å². The summed E-state index contributed by atoms with van der Waals surface area (Å²) in [7, 11) is 3.70. The first-order chi connectivity index (χ1) is 10.1. The molecule has 0 aliphatic heterocycles. The van der Waals surface area contributed by atoms with Gasteiger partial charge in [0, 0.05) is 31.7 Å². The molecule has 0 saturated heterocycles. The van der Waals surface area contributed by atoms with E-state index in [1.54, 1.807) is 18.4 Å². The van der Waals surface area contributed by atoms with Crippen molar-refractivity contribution in [3.05, 3.63) is 33.5 Å². The SMILES string of the molecule is CN=C(NCCc1cnn(C)c1)NCc1nc(C)c(C)s1. The van der Waals surface area contributed by atoms with E-state index in [9.17, 15) is 0 Å². The molecule has 0 aliphatic carbocycles. The van der Waals surface area contributed by atoms with Gasteiger partial charge in [0.2, 0.25) is 0 Å². The lowest BCUT2D eigenvalue weighted by atomic mass is 10.2. The first kappa shape index (κ1) is 15.5. The molecule has 0 aliphatic rings. The summed E-state index contributed by atoms with van der Waals surface area (Å²) in [5.74, 6) is 0.796. The largest absolute Gasteiger partial charge is 0.356 e. The minimum absolute atomic E-state index is 0.700. The van der Waals surface area contributed by atoms with Crippen LogP contribution in [0.4, 0.5) is 0 Å². The Morgan fingerprint density at radius 3 is 2.76 bits per heavy atom. The summed E-state index contributed by atoms with van der Waals surface area (Å²) in [5, 5.41) is 11.8. The standard InChI is InChI=1S/C14H22N6S/c1-10-11(2)21-13(19-10)8-17-14(15-3)16-6-5-12-7-18-20(4)9-12/h7,9H,5-6,8H2,1-4H3,(H2,15,16,17). The van der Waals surface area contributed by atoms with Gasteiger partial charge in [-0.25, -0.2) is 4.98 Å².